The first-order valence-electron chi connectivity index (χ1n) is 3.01. The van der Waals surface area contributed by atoms with E-state index in [9.17, 15) is 4.79 Å². The summed E-state index contributed by atoms with van der Waals surface area (Å²) in [6.07, 6.45) is 0. The van der Waals surface area contributed by atoms with Gasteiger partial charge in [-0.3, -0.25) is 0 Å². The molecule has 0 heterocycles. The van der Waals surface area contributed by atoms with Gasteiger partial charge in [0, 0.05) is 0 Å². The normalized spacial score (nSPS) is 8.78. The van der Waals surface area contributed by atoms with Gasteiger partial charge in [-0.2, -0.15) is 0 Å². The van der Waals surface area contributed by atoms with E-state index in [0.717, 1.165) is 31.6 Å². The van der Waals surface area contributed by atoms with Crippen LogP contribution < -0.4 is 0 Å². The quantitative estimate of drug-likeness (QED) is 0.324. The maximum absolute atomic E-state index is 10.6. The van der Waals surface area contributed by atoms with Gasteiger partial charge < -0.3 is 0 Å². The molecule has 0 bridgehead atoms. The van der Waals surface area contributed by atoms with Gasteiger partial charge in [0.1, 0.15) is 0 Å². The van der Waals surface area contributed by atoms with Gasteiger partial charge in [0.15, 0.2) is 0 Å². The summed E-state index contributed by atoms with van der Waals surface area (Å²) in [6.45, 7) is 5.65. The predicted molar refractivity (Wildman–Crippen MR) is 36.3 cm³/mol. The summed E-state index contributed by atoms with van der Waals surface area (Å²) >= 11 is 1.08. The second-order valence-electron chi connectivity index (χ2n) is 1.92. The molecule has 0 saturated carbocycles. The number of hydrogen-bond donors (Lipinski definition) is 0. The summed E-state index contributed by atoms with van der Waals surface area (Å²) in [6, 6.07) is 0. The van der Waals surface area contributed by atoms with Crippen molar-refractivity contribution >= 4 is 33.9 Å². The monoisotopic (exact) mass is 136 g/mol. The zero-order valence-corrected chi connectivity index (χ0v) is 7.94. The standard InChI is InChI=1S/C6H9O2.Na/c1-4-8-6(7)5(2)3;/h1-2,4H2,3H3;. The molecule has 9 heavy (non-hydrogen) atoms. The molecule has 2 nitrogen and oxygen atoms in total. The Hall–Kier alpha value is 0.210. The Balaban J connectivity index is 3.39. The third-order valence-electron chi connectivity index (χ3n) is 0.786. The van der Waals surface area contributed by atoms with Crippen molar-refractivity contribution in [2.24, 2.45) is 0 Å². The molecule has 0 atom stereocenters. The Kier molecular flexibility index (Phi) is 5.15. The molecule has 0 aliphatic heterocycles. The van der Waals surface area contributed by atoms with E-state index in [0.29, 0.717) is 12.2 Å². The fourth-order valence-electron chi connectivity index (χ4n) is 0.318. The zero-order valence-electron chi connectivity index (χ0n) is 5.94. The summed E-state index contributed by atoms with van der Waals surface area (Å²) in [5.41, 5.74) is 0.477. The summed E-state index contributed by atoms with van der Waals surface area (Å²) in [7, 11) is 0. The minimum atomic E-state index is -0.272. The first-order chi connectivity index (χ1) is 4.18. The summed E-state index contributed by atoms with van der Waals surface area (Å²) in [5, 5.41) is 0. The van der Waals surface area contributed by atoms with Crippen molar-refractivity contribution < 1.29 is 9.53 Å². The third kappa shape index (κ3) is 4.70. The third-order valence-corrected chi connectivity index (χ3v) is 1.19. The van der Waals surface area contributed by atoms with Crippen LogP contribution >= 0.6 is 0 Å². The molecule has 0 unspecified atom stereocenters. The van der Waals surface area contributed by atoms with Gasteiger partial charge in [0.2, 0.25) is 0 Å². The van der Waals surface area contributed by atoms with E-state index >= 15 is 0 Å². The molecule has 0 aromatic heterocycles. The molecule has 0 fully saturated rings. The molecule has 3 heteroatoms. The minimum absolute atomic E-state index is 0.272. The average molecular weight is 136 g/mol. The summed E-state index contributed by atoms with van der Waals surface area (Å²) in [5.74, 6) is -0.272. The molecule has 0 saturated heterocycles. The number of carbonyl (C=O) groups is 1. The Morgan fingerprint density at radius 1 is 1.78 bits per heavy atom. The number of hydrogen-bond acceptors (Lipinski definition) is 2. The van der Waals surface area contributed by atoms with E-state index in [2.05, 4.69) is 6.58 Å². The SMILES string of the molecule is C=C(C)C(=O)OC[CH2][Na]. The molecule has 0 aromatic rings. The Labute approximate surface area is 72.7 Å². The van der Waals surface area contributed by atoms with Crippen molar-refractivity contribution in [2.45, 2.75) is 10.6 Å². The van der Waals surface area contributed by atoms with Gasteiger partial charge >= 0.3 is 72.8 Å². The van der Waals surface area contributed by atoms with Crippen LogP contribution in [0.5, 0.6) is 0 Å². The Morgan fingerprint density at radius 3 is 2.67 bits per heavy atom. The number of ether oxygens (including phenoxy) is 1. The summed E-state index contributed by atoms with van der Waals surface area (Å²) in [4.78, 5) is 10.6. The molecule has 0 amide bonds. The van der Waals surface area contributed by atoms with Crippen molar-refractivity contribution in [3.05, 3.63) is 12.2 Å². The van der Waals surface area contributed by atoms with Gasteiger partial charge in [-0.05, 0) is 0 Å². The van der Waals surface area contributed by atoms with Crippen LogP contribution in [-0.2, 0) is 9.53 Å². The van der Waals surface area contributed by atoms with Crippen LogP contribution in [0.25, 0.3) is 0 Å². The number of rotatable bonds is 3. The summed E-state index contributed by atoms with van der Waals surface area (Å²) < 4.78 is 5.75. The van der Waals surface area contributed by atoms with Crippen LogP contribution in [0.3, 0.4) is 0 Å². The molecule has 0 spiro atoms. The molecule has 0 aliphatic carbocycles. The first-order valence-corrected chi connectivity index (χ1v) is 4.42. The van der Waals surface area contributed by atoms with Crippen molar-refractivity contribution in [2.75, 3.05) is 6.61 Å². The van der Waals surface area contributed by atoms with Crippen LogP contribution in [-0.4, -0.2) is 40.5 Å². The van der Waals surface area contributed by atoms with E-state index in [1.54, 1.807) is 6.92 Å². The molecule has 0 N–H and O–H groups in total. The molecule has 46 valence electrons. The van der Waals surface area contributed by atoms with Crippen molar-refractivity contribution in [3.8, 4) is 0 Å². The topological polar surface area (TPSA) is 26.3 Å². The van der Waals surface area contributed by atoms with Gasteiger partial charge in [0.05, 0.1) is 0 Å². The van der Waals surface area contributed by atoms with E-state index < -0.39 is 0 Å². The second kappa shape index (κ2) is 5.03. The molecule has 0 aliphatic rings. The Bertz CT molecular complexity index is 120. The van der Waals surface area contributed by atoms with E-state index in [4.69, 9.17) is 4.74 Å². The second-order valence-corrected chi connectivity index (χ2v) is 2.92. The van der Waals surface area contributed by atoms with E-state index in [1.807, 2.05) is 0 Å². The van der Waals surface area contributed by atoms with E-state index in [1.165, 1.54) is 0 Å². The van der Waals surface area contributed by atoms with Crippen molar-refractivity contribution in [1.29, 1.82) is 0 Å². The fraction of sp³-hybridized carbons (Fsp3) is 0.500. The fourth-order valence-corrected chi connectivity index (χ4v) is 0.522. The van der Waals surface area contributed by atoms with Crippen LogP contribution in [0.1, 0.15) is 6.92 Å². The van der Waals surface area contributed by atoms with Crippen molar-refractivity contribution in [3.63, 3.8) is 0 Å². The number of esters is 1. The predicted octanol–water partition coefficient (Wildman–Crippen LogP) is 0.692. The van der Waals surface area contributed by atoms with Crippen LogP contribution in [0.2, 0.25) is 3.67 Å². The number of carbonyl (C=O) groups excluding carboxylic acids is 1. The van der Waals surface area contributed by atoms with Crippen LogP contribution in [0.15, 0.2) is 12.2 Å². The molecule has 0 aromatic carbocycles. The van der Waals surface area contributed by atoms with E-state index in [-0.39, 0.29) is 5.97 Å². The van der Waals surface area contributed by atoms with Gasteiger partial charge in [-0.15, -0.1) is 0 Å². The van der Waals surface area contributed by atoms with Gasteiger partial charge in [-0.1, -0.05) is 0 Å². The maximum atomic E-state index is 10.6. The van der Waals surface area contributed by atoms with Gasteiger partial charge in [0.25, 0.3) is 0 Å². The molecular formula is C6H9NaO2. The first kappa shape index (κ1) is 9.21. The Morgan fingerprint density at radius 2 is 2.33 bits per heavy atom. The molecule has 0 rings (SSSR count). The molecule has 0 radical (unpaired) electrons. The molecular weight excluding hydrogens is 127 g/mol. The van der Waals surface area contributed by atoms with Crippen molar-refractivity contribution in [1.82, 2.24) is 0 Å². The average Bonchev–Trinajstić information content (AvgIpc) is 1.82. The van der Waals surface area contributed by atoms with Gasteiger partial charge in [-0.25, -0.2) is 0 Å². The zero-order chi connectivity index (χ0) is 7.28. The van der Waals surface area contributed by atoms with Crippen LogP contribution in [0, 0.1) is 0 Å². The van der Waals surface area contributed by atoms with Crippen LogP contribution in [0.4, 0.5) is 0 Å².